The summed E-state index contributed by atoms with van der Waals surface area (Å²) >= 11 is 0. The van der Waals surface area contributed by atoms with E-state index in [1.54, 1.807) is 0 Å². The summed E-state index contributed by atoms with van der Waals surface area (Å²) in [5, 5.41) is 6.81. The highest BCUT2D eigenvalue weighted by atomic mass is 16.2. The van der Waals surface area contributed by atoms with E-state index in [0.29, 0.717) is 5.91 Å². The van der Waals surface area contributed by atoms with Gasteiger partial charge in [-0.25, -0.2) is 0 Å². The normalized spacial score (nSPS) is 39.7. The fourth-order valence-electron chi connectivity index (χ4n) is 7.31. The molecule has 6 rings (SSSR count). The van der Waals surface area contributed by atoms with Gasteiger partial charge in [0, 0.05) is 6.54 Å². The summed E-state index contributed by atoms with van der Waals surface area (Å²) in [6, 6.07) is 9.22. The van der Waals surface area contributed by atoms with E-state index in [1.807, 2.05) is 0 Å². The molecule has 4 saturated carbocycles. The molecule has 0 aromatic heterocycles. The van der Waals surface area contributed by atoms with Crippen molar-refractivity contribution in [2.24, 2.45) is 23.2 Å². The fourth-order valence-corrected chi connectivity index (χ4v) is 7.31. The molecule has 1 aliphatic heterocycles. The molecule has 1 aromatic rings. The molecule has 3 heteroatoms. The van der Waals surface area contributed by atoms with Crippen LogP contribution in [0.25, 0.3) is 0 Å². The molecular weight excluding hydrogens is 332 g/mol. The van der Waals surface area contributed by atoms with Crippen molar-refractivity contribution in [3.63, 3.8) is 0 Å². The Hall–Kier alpha value is -1.35. The smallest absolute Gasteiger partial charge is 0.226 e. The summed E-state index contributed by atoms with van der Waals surface area (Å²) in [4.78, 5) is 13.4. The highest BCUT2D eigenvalue weighted by Crippen LogP contribution is 2.65. The van der Waals surface area contributed by atoms with E-state index in [2.05, 4.69) is 41.8 Å². The molecule has 27 heavy (non-hydrogen) atoms. The maximum atomic E-state index is 13.4. The molecule has 3 unspecified atom stereocenters. The molecule has 4 aliphatic carbocycles. The van der Waals surface area contributed by atoms with Crippen molar-refractivity contribution < 1.29 is 4.79 Å². The minimum atomic E-state index is -0.0943. The van der Waals surface area contributed by atoms with Crippen LogP contribution in [-0.2, 0) is 10.2 Å². The predicted molar refractivity (Wildman–Crippen MR) is 109 cm³/mol. The quantitative estimate of drug-likeness (QED) is 0.828. The summed E-state index contributed by atoms with van der Waals surface area (Å²) < 4.78 is 0. The fraction of sp³-hybridized carbons (Fsp3) is 0.708. The molecule has 5 fully saturated rings. The SMILES string of the molecule is Cc1ccc(C23CC4CC(CC(C(=O)NCCC5CCNC5)(C4)C2)C3)cc1. The summed E-state index contributed by atoms with van der Waals surface area (Å²) in [7, 11) is 0. The number of benzene rings is 1. The van der Waals surface area contributed by atoms with Crippen LogP contribution in [0.15, 0.2) is 24.3 Å². The molecular formula is C24H34N2O. The molecule has 3 atom stereocenters. The zero-order valence-electron chi connectivity index (χ0n) is 16.7. The van der Waals surface area contributed by atoms with Gasteiger partial charge in [0.2, 0.25) is 5.91 Å². The number of aryl methyl sites for hydroxylation is 1. The number of carbonyl (C=O) groups excluding carboxylic acids is 1. The highest BCUT2D eigenvalue weighted by Gasteiger charge is 2.60. The van der Waals surface area contributed by atoms with Crippen molar-refractivity contribution in [3.05, 3.63) is 35.4 Å². The van der Waals surface area contributed by atoms with Gasteiger partial charge in [0.05, 0.1) is 5.41 Å². The minimum Gasteiger partial charge on any atom is -0.356 e. The molecule has 1 heterocycles. The number of amides is 1. The van der Waals surface area contributed by atoms with Crippen molar-refractivity contribution in [1.29, 1.82) is 0 Å². The molecule has 2 N–H and O–H groups in total. The van der Waals surface area contributed by atoms with Crippen LogP contribution in [-0.4, -0.2) is 25.5 Å². The van der Waals surface area contributed by atoms with Gasteiger partial charge >= 0.3 is 0 Å². The van der Waals surface area contributed by atoms with Gasteiger partial charge in [-0.15, -0.1) is 0 Å². The third-order valence-electron chi connectivity index (χ3n) is 8.21. The lowest BCUT2D eigenvalue weighted by atomic mass is 9.42. The molecule has 3 nitrogen and oxygen atoms in total. The number of carbonyl (C=O) groups is 1. The predicted octanol–water partition coefficient (Wildman–Crippen LogP) is 3.95. The lowest BCUT2D eigenvalue weighted by molar-refractivity contribution is -0.149. The molecule has 1 aromatic carbocycles. The second-order valence-electron chi connectivity index (χ2n) is 10.3. The largest absolute Gasteiger partial charge is 0.356 e. The Morgan fingerprint density at radius 3 is 2.56 bits per heavy atom. The van der Waals surface area contributed by atoms with E-state index >= 15 is 0 Å². The lowest BCUT2D eigenvalue weighted by Crippen LogP contribution is -2.59. The van der Waals surface area contributed by atoms with Gasteiger partial charge in [-0.05, 0) is 100 Å². The van der Waals surface area contributed by atoms with Gasteiger partial charge in [-0.1, -0.05) is 29.8 Å². The van der Waals surface area contributed by atoms with Crippen LogP contribution >= 0.6 is 0 Å². The molecule has 1 amide bonds. The van der Waals surface area contributed by atoms with Crippen LogP contribution in [0.5, 0.6) is 0 Å². The Kier molecular flexibility index (Phi) is 4.34. The number of nitrogens with one attached hydrogen (secondary N) is 2. The Balaban J connectivity index is 1.33. The third-order valence-corrected chi connectivity index (χ3v) is 8.21. The summed E-state index contributed by atoms with van der Waals surface area (Å²) in [5.41, 5.74) is 2.99. The number of hydrogen-bond acceptors (Lipinski definition) is 2. The molecule has 5 aliphatic rings. The Bertz CT molecular complexity index is 690. The average Bonchev–Trinajstić information content (AvgIpc) is 3.14. The zero-order chi connectivity index (χ0) is 18.5. The monoisotopic (exact) mass is 366 g/mol. The zero-order valence-corrected chi connectivity index (χ0v) is 16.7. The maximum Gasteiger partial charge on any atom is 0.226 e. The minimum absolute atomic E-state index is 0.0943. The standard InChI is InChI=1S/C24H34N2O/c1-17-2-4-21(5-3-17)23-11-19-10-20(12-23)14-24(13-19,16-23)22(27)26-9-7-18-6-8-25-15-18/h2-5,18-20,25H,6-16H2,1H3,(H,26,27). The van der Waals surface area contributed by atoms with Crippen molar-refractivity contribution in [2.45, 2.75) is 63.7 Å². The topological polar surface area (TPSA) is 41.1 Å². The van der Waals surface area contributed by atoms with E-state index in [4.69, 9.17) is 0 Å². The van der Waals surface area contributed by atoms with Crippen LogP contribution in [0.3, 0.4) is 0 Å². The first-order valence-corrected chi connectivity index (χ1v) is 11.1. The van der Waals surface area contributed by atoms with Crippen molar-refractivity contribution >= 4 is 5.91 Å². The number of rotatable bonds is 5. The van der Waals surface area contributed by atoms with Crippen molar-refractivity contribution in [1.82, 2.24) is 10.6 Å². The van der Waals surface area contributed by atoms with Gasteiger partial charge in [-0.2, -0.15) is 0 Å². The van der Waals surface area contributed by atoms with Crippen molar-refractivity contribution in [3.8, 4) is 0 Å². The van der Waals surface area contributed by atoms with Gasteiger partial charge in [0.15, 0.2) is 0 Å². The second-order valence-corrected chi connectivity index (χ2v) is 10.3. The average molecular weight is 367 g/mol. The molecule has 0 spiro atoms. The van der Waals surface area contributed by atoms with Gasteiger partial charge in [0.1, 0.15) is 0 Å². The first-order chi connectivity index (χ1) is 13.1. The van der Waals surface area contributed by atoms with Crippen LogP contribution in [0.1, 0.15) is 62.5 Å². The molecule has 0 radical (unpaired) electrons. The molecule has 1 saturated heterocycles. The first-order valence-electron chi connectivity index (χ1n) is 11.1. The molecule has 4 bridgehead atoms. The van der Waals surface area contributed by atoms with Crippen LogP contribution in [0, 0.1) is 30.1 Å². The first kappa shape index (κ1) is 17.7. The van der Waals surface area contributed by atoms with Crippen molar-refractivity contribution in [2.75, 3.05) is 19.6 Å². The van der Waals surface area contributed by atoms with Gasteiger partial charge < -0.3 is 10.6 Å². The van der Waals surface area contributed by atoms with E-state index in [9.17, 15) is 4.79 Å². The highest BCUT2D eigenvalue weighted by molar-refractivity contribution is 5.83. The Labute approximate surface area is 163 Å². The van der Waals surface area contributed by atoms with E-state index in [1.165, 1.54) is 36.8 Å². The summed E-state index contributed by atoms with van der Waals surface area (Å²) in [5.74, 6) is 2.62. The van der Waals surface area contributed by atoms with Crippen LogP contribution < -0.4 is 10.6 Å². The van der Waals surface area contributed by atoms with Gasteiger partial charge in [-0.3, -0.25) is 4.79 Å². The Morgan fingerprint density at radius 1 is 1.15 bits per heavy atom. The van der Waals surface area contributed by atoms with E-state index < -0.39 is 0 Å². The third kappa shape index (κ3) is 3.12. The second kappa shape index (κ2) is 6.62. The Morgan fingerprint density at radius 2 is 1.89 bits per heavy atom. The van der Waals surface area contributed by atoms with Crippen LogP contribution in [0.2, 0.25) is 0 Å². The maximum absolute atomic E-state index is 13.4. The van der Waals surface area contributed by atoms with Crippen LogP contribution in [0.4, 0.5) is 0 Å². The van der Waals surface area contributed by atoms with E-state index in [0.717, 1.165) is 63.1 Å². The summed E-state index contributed by atoms with van der Waals surface area (Å²) in [6.07, 6.45) is 9.70. The molecule has 146 valence electrons. The lowest BCUT2D eigenvalue weighted by Gasteiger charge is -2.61. The van der Waals surface area contributed by atoms with Gasteiger partial charge in [0.25, 0.3) is 0 Å². The van der Waals surface area contributed by atoms with E-state index in [-0.39, 0.29) is 10.8 Å². The number of hydrogen-bond donors (Lipinski definition) is 2. The summed E-state index contributed by atoms with van der Waals surface area (Å²) in [6.45, 7) is 5.30.